The second-order valence-corrected chi connectivity index (χ2v) is 8.55. The van der Waals surface area contributed by atoms with Crippen LogP contribution in [0.1, 0.15) is 39.8 Å². The number of nitrogens with one attached hydrogen (secondary N) is 1. The lowest BCUT2D eigenvalue weighted by molar-refractivity contribution is -0.138. The van der Waals surface area contributed by atoms with Crippen molar-refractivity contribution >= 4 is 11.8 Å². The highest BCUT2D eigenvalue weighted by Gasteiger charge is 2.36. The molecule has 0 aliphatic carbocycles. The highest BCUT2D eigenvalue weighted by molar-refractivity contribution is 5.94. The van der Waals surface area contributed by atoms with Crippen molar-refractivity contribution in [2.24, 2.45) is 0 Å². The summed E-state index contributed by atoms with van der Waals surface area (Å²) in [6.07, 6.45) is 0.710. The summed E-state index contributed by atoms with van der Waals surface area (Å²) in [5, 5.41) is 7.56. The maximum absolute atomic E-state index is 13.3. The second kappa shape index (κ2) is 9.21. The minimum atomic E-state index is -0.521. The van der Waals surface area contributed by atoms with E-state index in [1.165, 1.54) is 0 Å². The zero-order valence-corrected chi connectivity index (χ0v) is 19.4. The largest absolute Gasteiger partial charge is 0.497 e. The fourth-order valence-electron chi connectivity index (χ4n) is 4.66. The molecule has 0 radical (unpaired) electrons. The Bertz CT molecular complexity index is 1190. The number of nitrogens with zero attached hydrogens (tertiary/aromatic N) is 3. The summed E-state index contributed by atoms with van der Waals surface area (Å²) in [5.41, 5.74) is 4.25. The summed E-state index contributed by atoms with van der Waals surface area (Å²) >= 11 is 0. The van der Waals surface area contributed by atoms with Gasteiger partial charge in [0.2, 0.25) is 0 Å². The van der Waals surface area contributed by atoms with E-state index in [-0.39, 0.29) is 11.8 Å². The first kappa shape index (κ1) is 22.0. The Kier molecular flexibility index (Phi) is 5.96. The third kappa shape index (κ3) is 4.11. The Hall–Kier alpha value is -3.81. The van der Waals surface area contributed by atoms with Crippen LogP contribution >= 0.6 is 0 Å². The van der Waals surface area contributed by atoms with Crippen LogP contribution in [0.5, 0.6) is 11.5 Å². The van der Waals surface area contributed by atoms with Crippen LogP contribution in [0.2, 0.25) is 0 Å². The number of para-hydroxylation sites is 1. The zero-order valence-electron chi connectivity index (χ0n) is 19.4. The van der Waals surface area contributed by atoms with Crippen molar-refractivity contribution in [2.75, 3.05) is 13.7 Å². The van der Waals surface area contributed by atoms with Gasteiger partial charge in [-0.05, 0) is 36.2 Å². The molecule has 0 spiro atoms. The van der Waals surface area contributed by atoms with Gasteiger partial charge in [0.1, 0.15) is 11.5 Å². The van der Waals surface area contributed by atoms with Crippen LogP contribution in [0.4, 0.5) is 0 Å². The van der Waals surface area contributed by atoms with Crippen LogP contribution in [0, 0.1) is 0 Å². The third-order valence-electron chi connectivity index (χ3n) is 6.49. The first-order valence-electron chi connectivity index (χ1n) is 11.6. The molecule has 0 bridgehead atoms. The molecule has 2 aliphatic heterocycles. The van der Waals surface area contributed by atoms with Crippen molar-refractivity contribution in [3.8, 4) is 11.5 Å². The van der Waals surface area contributed by atoms with Gasteiger partial charge in [-0.15, -0.1) is 0 Å². The molecule has 2 aliphatic rings. The molecule has 34 heavy (non-hydrogen) atoms. The summed E-state index contributed by atoms with van der Waals surface area (Å²) in [7, 11) is 1.62. The fraction of sp³-hybridized carbons (Fsp3) is 0.346. The molecular weight excluding hydrogens is 432 g/mol. The van der Waals surface area contributed by atoms with Crippen LogP contribution < -0.4 is 14.8 Å². The molecular formula is C26H28N4O4. The average Bonchev–Trinajstić information content (AvgIpc) is 3.48. The molecule has 2 amide bonds. The molecule has 1 aromatic heterocycles. The molecule has 8 heteroatoms. The zero-order chi connectivity index (χ0) is 23.7. The fourth-order valence-corrected chi connectivity index (χ4v) is 4.66. The first-order valence-corrected chi connectivity index (χ1v) is 11.6. The molecule has 1 N–H and O–H groups in total. The molecule has 0 unspecified atom stereocenters. The van der Waals surface area contributed by atoms with E-state index in [2.05, 4.69) is 10.4 Å². The van der Waals surface area contributed by atoms with Crippen LogP contribution in [-0.4, -0.2) is 46.3 Å². The minimum absolute atomic E-state index is 0.0457. The SMILES string of the molecule is CCn1nc(C(=O)NCc2ccc(OC)cc2)c2c1CCN(C(=O)[C@@H]1Cc3ccccc3O1)C2. The van der Waals surface area contributed by atoms with E-state index in [0.29, 0.717) is 44.7 Å². The van der Waals surface area contributed by atoms with Gasteiger partial charge in [-0.25, -0.2) is 0 Å². The Labute approximate surface area is 198 Å². The number of carbonyl (C=O) groups excluding carboxylic acids is 2. The van der Waals surface area contributed by atoms with Gasteiger partial charge in [-0.3, -0.25) is 14.3 Å². The van der Waals surface area contributed by atoms with E-state index in [9.17, 15) is 9.59 Å². The molecule has 176 valence electrons. The summed E-state index contributed by atoms with van der Waals surface area (Å²) in [6.45, 7) is 4.00. The van der Waals surface area contributed by atoms with Crippen molar-refractivity contribution in [1.29, 1.82) is 0 Å². The normalized spacial score (nSPS) is 16.4. The van der Waals surface area contributed by atoms with Crippen LogP contribution in [-0.2, 0) is 37.3 Å². The predicted octanol–water partition coefficient (Wildman–Crippen LogP) is 2.73. The lowest BCUT2D eigenvalue weighted by atomic mass is 10.0. The van der Waals surface area contributed by atoms with Crippen LogP contribution in [0.15, 0.2) is 48.5 Å². The smallest absolute Gasteiger partial charge is 0.272 e. The molecule has 3 aromatic rings. The number of rotatable bonds is 6. The summed E-state index contributed by atoms with van der Waals surface area (Å²) < 4.78 is 13.0. The van der Waals surface area contributed by atoms with Gasteiger partial charge >= 0.3 is 0 Å². The molecule has 5 rings (SSSR count). The first-order chi connectivity index (χ1) is 16.6. The molecule has 0 saturated carbocycles. The Morgan fingerprint density at radius 3 is 2.71 bits per heavy atom. The quantitative estimate of drug-likeness (QED) is 0.611. The van der Waals surface area contributed by atoms with Crippen molar-refractivity contribution < 1.29 is 19.1 Å². The van der Waals surface area contributed by atoms with Gasteiger partial charge in [-0.1, -0.05) is 30.3 Å². The Morgan fingerprint density at radius 1 is 1.18 bits per heavy atom. The van der Waals surface area contributed by atoms with Gasteiger partial charge in [-0.2, -0.15) is 5.10 Å². The van der Waals surface area contributed by atoms with Gasteiger partial charge in [0.05, 0.1) is 7.11 Å². The van der Waals surface area contributed by atoms with Crippen molar-refractivity contribution in [3.05, 3.63) is 76.6 Å². The molecule has 1 atom stereocenters. The lowest BCUT2D eigenvalue weighted by Crippen LogP contribution is -2.44. The number of aromatic nitrogens is 2. The maximum Gasteiger partial charge on any atom is 0.272 e. The van der Waals surface area contributed by atoms with Gasteiger partial charge in [0.25, 0.3) is 11.8 Å². The average molecular weight is 461 g/mol. The topological polar surface area (TPSA) is 85.7 Å². The monoisotopic (exact) mass is 460 g/mol. The van der Waals surface area contributed by atoms with E-state index in [4.69, 9.17) is 9.47 Å². The van der Waals surface area contributed by atoms with Gasteiger partial charge in [0.15, 0.2) is 11.8 Å². The number of aryl methyl sites for hydroxylation is 1. The molecule has 3 heterocycles. The summed E-state index contributed by atoms with van der Waals surface area (Å²) in [5.74, 6) is 1.26. The van der Waals surface area contributed by atoms with Crippen molar-refractivity contribution in [2.45, 2.75) is 45.5 Å². The van der Waals surface area contributed by atoms with Gasteiger partial charge < -0.3 is 19.7 Å². The van der Waals surface area contributed by atoms with E-state index >= 15 is 0 Å². The van der Waals surface area contributed by atoms with Crippen molar-refractivity contribution in [1.82, 2.24) is 20.0 Å². The number of fused-ring (bicyclic) bond motifs is 2. The number of benzene rings is 2. The van der Waals surface area contributed by atoms with E-state index in [1.54, 1.807) is 12.0 Å². The highest BCUT2D eigenvalue weighted by Crippen LogP contribution is 2.30. The lowest BCUT2D eigenvalue weighted by Gasteiger charge is -2.29. The van der Waals surface area contributed by atoms with Crippen LogP contribution in [0.3, 0.4) is 0 Å². The third-order valence-corrected chi connectivity index (χ3v) is 6.49. The Morgan fingerprint density at radius 2 is 1.97 bits per heavy atom. The highest BCUT2D eigenvalue weighted by atomic mass is 16.5. The molecule has 2 aromatic carbocycles. The number of hydrogen-bond acceptors (Lipinski definition) is 5. The molecule has 0 saturated heterocycles. The number of ether oxygens (including phenoxy) is 2. The number of hydrogen-bond donors (Lipinski definition) is 1. The van der Waals surface area contributed by atoms with Gasteiger partial charge in [0, 0.05) is 50.3 Å². The second-order valence-electron chi connectivity index (χ2n) is 8.55. The predicted molar refractivity (Wildman–Crippen MR) is 126 cm³/mol. The number of methoxy groups -OCH3 is 1. The maximum atomic E-state index is 13.3. The summed E-state index contributed by atoms with van der Waals surface area (Å²) in [6, 6.07) is 15.3. The van der Waals surface area contributed by atoms with E-state index < -0.39 is 6.10 Å². The standard InChI is InChI=1S/C26H28N4O4/c1-3-30-21-12-13-29(26(32)23-14-18-6-4-5-7-22(18)34-23)16-20(21)24(28-30)25(31)27-15-17-8-10-19(33-2)11-9-17/h4-11,23H,3,12-16H2,1-2H3,(H,27,31)/t23-/m0/s1. The van der Waals surface area contributed by atoms with E-state index in [0.717, 1.165) is 33.9 Å². The molecule has 8 nitrogen and oxygen atoms in total. The molecule has 0 fully saturated rings. The number of carbonyl (C=O) groups is 2. The Balaban J connectivity index is 1.30. The van der Waals surface area contributed by atoms with Crippen molar-refractivity contribution in [3.63, 3.8) is 0 Å². The minimum Gasteiger partial charge on any atom is -0.497 e. The van der Waals surface area contributed by atoms with Crippen LogP contribution in [0.25, 0.3) is 0 Å². The number of amides is 2. The van der Waals surface area contributed by atoms with E-state index in [1.807, 2.05) is 60.1 Å². The summed E-state index contributed by atoms with van der Waals surface area (Å²) in [4.78, 5) is 28.1.